The number of benzene rings is 1. The smallest absolute Gasteiger partial charge is 0.309 e. The quantitative estimate of drug-likeness (QED) is 0.699. The molecule has 0 bridgehead atoms. The van der Waals surface area contributed by atoms with Crippen LogP contribution in [0.3, 0.4) is 0 Å². The van der Waals surface area contributed by atoms with E-state index in [0.29, 0.717) is 36.5 Å². The van der Waals surface area contributed by atoms with Gasteiger partial charge < -0.3 is 14.5 Å². The van der Waals surface area contributed by atoms with Crippen LogP contribution in [0.25, 0.3) is 0 Å². The summed E-state index contributed by atoms with van der Waals surface area (Å²) in [4.78, 5) is 41.1. The minimum atomic E-state index is -0.339. The van der Waals surface area contributed by atoms with Gasteiger partial charge in [0.1, 0.15) is 0 Å². The highest BCUT2D eigenvalue weighted by Gasteiger charge is 2.32. The second kappa shape index (κ2) is 9.61. The first-order valence-electron chi connectivity index (χ1n) is 10.4. The summed E-state index contributed by atoms with van der Waals surface area (Å²) in [5, 5.41) is 0.589. The van der Waals surface area contributed by atoms with Gasteiger partial charge in [0.25, 0.3) is 11.8 Å². The number of esters is 1. The summed E-state index contributed by atoms with van der Waals surface area (Å²) in [7, 11) is 0. The van der Waals surface area contributed by atoms with Gasteiger partial charge in [-0.1, -0.05) is 11.6 Å². The van der Waals surface area contributed by atoms with Crippen LogP contribution in [0.15, 0.2) is 24.3 Å². The predicted molar refractivity (Wildman–Crippen MR) is 111 cm³/mol. The molecule has 2 heterocycles. The molecular weight excluding hydrogens is 392 g/mol. The molecule has 2 atom stereocenters. The highest BCUT2D eigenvalue weighted by molar-refractivity contribution is 6.30. The summed E-state index contributed by atoms with van der Waals surface area (Å²) < 4.78 is 5.34. The number of hydrogen-bond acceptors (Lipinski definition) is 4. The van der Waals surface area contributed by atoms with E-state index in [1.165, 1.54) is 0 Å². The molecule has 2 fully saturated rings. The van der Waals surface area contributed by atoms with Crippen LogP contribution in [0.2, 0.25) is 5.02 Å². The minimum absolute atomic E-state index is 0.0586. The van der Waals surface area contributed by atoms with E-state index < -0.39 is 0 Å². The maximum atomic E-state index is 12.6. The number of carbonyl (C=O) groups excluding carboxylic acids is 3. The van der Waals surface area contributed by atoms with Gasteiger partial charge >= 0.3 is 5.97 Å². The monoisotopic (exact) mass is 420 g/mol. The van der Waals surface area contributed by atoms with Crippen molar-refractivity contribution in [3.05, 3.63) is 34.9 Å². The van der Waals surface area contributed by atoms with Crippen LogP contribution in [-0.4, -0.2) is 59.4 Å². The van der Waals surface area contributed by atoms with Gasteiger partial charge in [0.2, 0.25) is 0 Å². The molecule has 0 saturated carbocycles. The lowest BCUT2D eigenvalue weighted by Gasteiger charge is -2.39. The largest absolute Gasteiger partial charge is 0.455 e. The number of nitrogens with zero attached hydrogens (tertiary/aromatic N) is 2. The SMILES string of the molecule is C[C@@H]1CCC[C@@H](C)N1C(=O)COC(=O)C1CCN(C(=O)c2ccc(Cl)cc2)CC1. The third kappa shape index (κ3) is 5.30. The number of likely N-dealkylation sites (tertiary alicyclic amines) is 2. The van der Waals surface area contributed by atoms with Crippen LogP contribution in [0, 0.1) is 5.92 Å². The van der Waals surface area contributed by atoms with Crippen molar-refractivity contribution in [3.8, 4) is 0 Å². The van der Waals surface area contributed by atoms with Gasteiger partial charge in [-0.05, 0) is 70.2 Å². The van der Waals surface area contributed by atoms with Crippen molar-refractivity contribution >= 4 is 29.4 Å². The van der Waals surface area contributed by atoms with E-state index in [1.807, 2.05) is 18.7 Å². The van der Waals surface area contributed by atoms with Crippen LogP contribution in [-0.2, 0) is 14.3 Å². The molecule has 0 radical (unpaired) electrons. The Hall–Kier alpha value is -2.08. The molecule has 1 aromatic carbocycles. The second-order valence-corrected chi connectivity index (χ2v) is 8.55. The normalized spacial score (nSPS) is 23.0. The van der Waals surface area contributed by atoms with Gasteiger partial charge in [-0.25, -0.2) is 0 Å². The summed E-state index contributed by atoms with van der Waals surface area (Å²) in [5.74, 6) is -0.785. The van der Waals surface area contributed by atoms with Crippen molar-refractivity contribution in [3.63, 3.8) is 0 Å². The molecule has 0 N–H and O–H groups in total. The molecule has 3 rings (SSSR count). The highest BCUT2D eigenvalue weighted by Crippen LogP contribution is 2.24. The van der Waals surface area contributed by atoms with Crippen LogP contribution >= 0.6 is 11.6 Å². The molecule has 2 aliphatic rings. The third-order valence-corrected chi connectivity index (χ3v) is 6.28. The number of carbonyl (C=O) groups is 3. The van der Waals surface area contributed by atoms with Crippen LogP contribution in [0.5, 0.6) is 0 Å². The molecule has 1 aromatic rings. The van der Waals surface area contributed by atoms with E-state index >= 15 is 0 Å². The Morgan fingerprint density at radius 3 is 2.17 bits per heavy atom. The van der Waals surface area contributed by atoms with E-state index in [4.69, 9.17) is 16.3 Å². The van der Waals surface area contributed by atoms with E-state index in [2.05, 4.69) is 0 Å². The third-order valence-electron chi connectivity index (χ3n) is 6.03. The van der Waals surface area contributed by atoms with Crippen molar-refractivity contribution in [1.82, 2.24) is 9.80 Å². The molecule has 158 valence electrons. The fourth-order valence-electron chi connectivity index (χ4n) is 4.33. The molecule has 29 heavy (non-hydrogen) atoms. The first-order chi connectivity index (χ1) is 13.9. The lowest BCUT2D eigenvalue weighted by molar-refractivity contribution is -0.158. The van der Waals surface area contributed by atoms with Crippen molar-refractivity contribution in [1.29, 1.82) is 0 Å². The standard InChI is InChI=1S/C22H29ClN2O4/c1-15-4-3-5-16(2)25(15)20(26)14-29-22(28)18-10-12-24(13-11-18)21(27)17-6-8-19(23)9-7-17/h6-9,15-16,18H,3-5,10-14H2,1-2H3/t15-,16-/m1/s1. The number of hydrogen-bond donors (Lipinski definition) is 0. The molecular formula is C22H29ClN2O4. The molecule has 0 aliphatic carbocycles. The zero-order chi connectivity index (χ0) is 21.0. The van der Waals surface area contributed by atoms with Gasteiger partial charge in [0.15, 0.2) is 6.61 Å². The van der Waals surface area contributed by atoms with Crippen molar-refractivity contribution < 1.29 is 19.1 Å². The predicted octanol–water partition coefficient (Wildman–Crippen LogP) is 3.52. The summed E-state index contributed by atoms with van der Waals surface area (Å²) in [6, 6.07) is 7.18. The minimum Gasteiger partial charge on any atom is -0.455 e. The molecule has 2 aliphatic heterocycles. The number of ether oxygens (including phenoxy) is 1. The lowest BCUT2D eigenvalue weighted by atomic mass is 9.96. The average molecular weight is 421 g/mol. The number of rotatable bonds is 4. The Morgan fingerprint density at radius 2 is 1.59 bits per heavy atom. The molecule has 6 nitrogen and oxygen atoms in total. The lowest BCUT2D eigenvalue weighted by Crippen LogP contribution is -2.49. The van der Waals surface area contributed by atoms with E-state index in [-0.39, 0.29) is 42.4 Å². The Kier molecular flexibility index (Phi) is 7.17. The Morgan fingerprint density at radius 1 is 1.00 bits per heavy atom. The van der Waals surface area contributed by atoms with Crippen molar-refractivity contribution in [2.45, 2.75) is 58.0 Å². The van der Waals surface area contributed by atoms with Crippen LogP contribution < -0.4 is 0 Å². The number of halogens is 1. The first-order valence-corrected chi connectivity index (χ1v) is 10.8. The zero-order valence-corrected chi connectivity index (χ0v) is 17.9. The summed E-state index contributed by atoms with van der Waals surface area (Å²) in [6.07, 6.45) is 4.19. The van der Waals surface area contributed by atoms with Crippen LogP contribution in [0.1, 0.15) is 56.3 Å². The van der Waals surface area contributed by atoms with Crippen molar-refractivity contribution in [2.24, 2.45) is 5.92 Å². The van der Waals surface area contributed by atoms with Gasteiger partial charge in [-0.15, -0.1) is 0 Å². The Bertz CT molecular complexity index is 734. The Labute approximate surface area is 177 Å². The van der Waals surface area contributed by atoms with Gasteiger partial charge in [-0.2, -0.15) is 0 Å². The molecule has 0 unspecified atom stereocenters. The zero-order valence-electron chi connectivity index (χ0n) is 17.1. The number of amides is 2. The topological polar surface area (TPSA) is 66.9 Å². The first kappa shape index (κ1) is 21.6. The second-order valence-electron chi connectivity index (χ2n) is 8.11. The van der Waals surface area contributed by atoms with E-state index in [1.54, 1.807) is 29.2 Å². The number of piperidine rings is 2. The van der Waals surface area contributed by atoms with Gasteiger partial charge in [0.05, 0.1) is 5.92 Å². The molecule has 7 heteroatoms. The highest BCUT2D eigenvalue weighted by atomic mass is 35.5. The Balaban J connectivity index is 1.45. The summed E-state index contributed by atoms with van der Waals surface area (Å²) in [6.45, 7) is 4.88. The molecule has 0 spiro atoms. The molecule has 2 amide bonds. The summed E-state index contributed by atoms with van der Waals surface area (Å²) >= 11 is 5.87. The van der Waals surface area contributed by atoms with Crippen LogP contribution in [0.4, 0.5) is 0 Å². The fourth-order valence-corrected chi connectivity index (χ4v) is 4.46. The van der Waals surface area contributed by atoms with Crippen molar-refractivity contribution in [2.75, 3.05) is 19.7 Å². The van der Waals surface area contributed by atoms with E-state index in [9.17, 15) is 14.4 Å². The van der Waals surface area contributed by atoms with E-state index in [0.717, 1.165) is 19.3 Å². The molecule has 0 aromatic heterocycles. The van der Waals surface area contributed by atoms with Gasteiger partial charge in [-0.3, -0.25) is 14.4 Å². The summed E-state index contributed by atoms with van der Waals surface area (Å²) in [5.41, 5.74) is 0.589. The molecule has 2 saturated heterocycles. The maximum Gasteiger partial charge on any atom is 0.309 e. The van der Waals surface area contributed by atoms with Gasteiger partial charge in [0, 0.05) is 35.8 Å². The average Bonchev–Trinajstić information content (AvgIpc) is 2.72. The fraction of sp³-hybridized carbons (Fsp3) is 0.591. The maximum absolute atomic E-state index is 12.6.